The van der Waals surface area contributed by atoms with E-state index in [1.165, 1.54) is 5.57 Å². The monoisotopic (exact) mass is 253 g/mol. The highest BCUT2D eigenvalue weighted by atomic mass is 16.6. The van der Waals surface area contributed by atoms with E-state index in [4.69, 9.17) is 4.74 Å². The molecule has 18 heavy (non-hydrogen) atoms. The van der Waals surface area contributed by atoms with E-state index in [0.717, 1.165) is 12.1 Å². The standard InChI is InChI=1S/C15H27NO2/c1-7-13(8-2)11-12(3)16-10-9-14(17)18-15(4,5)6/h7,11,16H,8-10H2,1-6H3/b12-11+,13-7+. The van der Waals surface area contributed by atoms with Crippen molar-refractivity contribution in [2.45, 2.75) is 60.0 Å². The van der Waals surface area contributed by atoms with Crippen molar-refractivity contribution < 1.29 is 9.53 Å². The predicted octanol–water partition coefficient (Wildman–Crippen LogP) is 3.57. The van der Waals surface area contributed by atoms with Crippen LogP contribution in [0.25, 0.3) is 0 Å². The minimum atomic E-state index is -0.401. The molecule has 0 bridgehead atoms. The van der Waals surface area contributed by atoms with Gasteiger partial charge < -0.3 is 10.1 Å². The average Bonchev–Trinajstić information content (AvgIpc) is 2.23. The van der Waals surface area contributed by atoms with Gasteiger partial charge in [-0.1, -0.05) is 18.6 Å². The summed E-state index contributed by atoms with van der Waals surface area (Å²) in [6.45, 7) is 12.4. The summed E-state index contributed by atoms with van der Waals surface area (Å²) < 4.78 is 5.23. The van der Waals surface area contributed by atoms with Crippen molar-refractivity contribution in [1.29, 1.82) is 0 Å². The van der Waals surface area contributed by atoms with Crippen molar-refractivity contribution in [2.75, 3.05) is 6.54 Å². The molecule has 0 aromatic heterocycles. The van der Waals surface area contributed by atoms with Crippen LogP contribution in [0, 0.1) is 0 Å². The minimum Gasteiger partial charge on any atom is -0.460 e. The Kier molecular flexibility index (Phi) is 7.41. The third kappa shape index (κ3) is 8.85. The van der Waals surface area contributed by atoms with Gasteiger partial charge in [-0.3, -0.25) is 4.79 Å². The highest BCUT2D eigenvalue weighted by Crippen LogP contribution is 2.08. The van der Waals surface area contributed by atoms with Crippen molar-refractivity contribution in [1.82, 2.24) is 5.32 Å². The molecule has 0 rings (SSSR count). The van der Waals surface area contributed by atoms with Gasteiger partial charge in [0.25, 0.3) is 0 Å². The molecule has 3 heteroatoms. The zero-order valence-electron chi connectivity index (χ0n) is 12.6. The van der Waals surface area contributed by atoms with Crippen molar-refractivity contribution in [3.63, 3.8) is 0 Å². The van der Waals surface area contributed by atoms with Crippen LogP contribution >= 0.6 is 0 Å². The molecule has 0 aromatic carbocycles. The molecule has 0 radical (unpaired) electrons. The number of ether oxygens (including phenoxy) is 1. The van der Waals surface area contributed by atoms with Crippen molar-refractivity contribution in [2.24, 2.45) is 0 Å². The molecule has 104 valence electrons. The van der Waals surface area contributed by atoms with Gasteiger partial charge in [-0.25, -0.2) is 0 Å². The van der Waals surface area contributed by atoms with Crippen LogP contribution in [-0.4, -0.2) is 18.1 Å². The molecule has 0 aliphatic heterocycles. The molecule has 0 aromatic rings. The molecule has 1 N–H and O–H groups in total. The molecule has 0 aliphatic carbocycles. The molecule has 0 amide bonds. The Bertz CT molecular complexity index is 322. The quantitative estimate of drug-likeness (QED) is 0.581. The second kappa shape index (κ2) is 7.96. The largest absolute Gasteiger partial charge is 0.460 e. The fourth-order valence-corrected chi connectivity index (χ4v) is 1.47. The summed E-state index contributed by atoms with van der Waals surface area (Å²) in [5.41, 5.74) is 1.97. The first-order chi connectivity index (χ1) is 8.28. The van der Waals surface area contributed by atoms with Gasteiger partial charge >= 0.3 is 5.97 Å². The van der Waals surface area contributed by atoms with Gasteiger partial charge in [0.1, 0.15) is 5.60 Å². The summed E-state index contributed by atoms with van der Waals surface area (Å²) in [7, 11) is 0. The van der Waals surface area contributed by atoms with Crippen LogP contribution < -0.4 is 5.32 Å². The van der Waals surface area contributed by atoms with Gasteiger partial charge in [-0.2, -0.15) is 0 Å². The van der Waals surface area contributed by atoms with E-state index < -0.39 is 5.60 Å². The first-order valence-electron chi connectivity index (χ1n) is 6.57. The third-order valence-corrected chi connectivity index (χ3v) is 2.33. The molecule has 0 aliphatic rings. The number of allylic oxidation sites excluding steroid dienone is 4. The zero-order valence-corrected chi connectivity index (χ0v) is 12.6. The molecule has 0 heterocycles. The Morgan fingerprint density at radius 2 is 1.94 bits per heavy atom. The Balaban J connectivity index is 4.02. The van der Waals surface area contributed by atoms with E-state index in [-0.39, 0.29) is 5.97 Å². The smallest absolute Gasteiger partial charge is 0.308 e. The van der Waals surface area contributed by atoms with Crippen LogP contribution in [0.2, 0.25) is 0 Å². The second-order valence-corrected chi connectivity index (χ2v) is 5.31. The lowest BCUT2D eigenvalue weighted by atomic mass is 10.1. The number of esters is 1. The van der Waals surface area contributed by atoms with Gasteiger partial charge in [0.05, 0.1) is 6.42 Å². The fraction of sp³-hybridized carbons (Fsp3) is 0.667. The van der Waals surface area contributed by atoms with Gasteiger partial charge in [-0.15, -0.1) is 0 Å². The Hall–Kier alpha value is -1.25. The number of hydrogen-bond donors (Lipinski definition) is 1. The first kappa shape index (κ1) is 16.8. The summed E-state index contributed by atoms with van der Waals surface area (Å²) in [5.74, 6) is -0.162. The molecular weight excluding hydrogens is 226 g/mol. The second-order valence-electron chi connectivity index (χ2n) is 5.31. The zero-order chi connectivity index (χ0) is 14.2. The first-order valence-corrected chi connectivity index (χ1v) is 6.57. The number of rotatable bonds is 6. The van der Waals surface area contributed by atoms with Gasteiger partial charge in [0.2, 0.25) is 0 Å². The maximum absolute atomic E-state index is 11.5. The summed E-state index contributed by atoms with van der Waals surface area (Å²) in [6, 6.07) is 0. The minimum absolute atomic E-state index is 0.162. The lowest BCUT2D eigenvalue weighted by Gasteiger charge is -2.19. The van der Waals surface area contributed by atoms with E-state index in [1.54, 1.807) is 0 Å². The molecule has 0 saturated carbocycles. The van der Waals surface area contributed by atoms with Crippen molar-refractivity contribution >= 4 is 5.97 Å². The lowest BCUT2D eigenvalue weighted by molar-refractivity contribution is -0.154. The predicted molar refractivity (Wildman–Crippen MR) is 76.3 cm³/mol. The van der Waals surface area contributed by atoms with Crippen LogP contribution in [0.3, 0.4) is 0 Å². The number of nitrogens with one attached hydrogen (secondary N) is 1. The summed E-state index contributed by atoms with van der Waals surface area (Å²) in [5, 5.41) is 3.22. The van der Waals surface area contributed by atoms with E-state index in [2.05, 4.69) is 24.4 Å². The van der Waals surface area contributed by atoms with E-state index in [0.29, 0.717) is 13.0 Å². The molecule has 0 saturated heterocycles. The van der Waals surface area contributed by atoms with Gasteiger partial charge in [-0.05, 0) is 47.1 Å². The summed E-state index contributed by atoms with van der Waals surface area (Å²) in [6.07, 6.45) is 5.61. The number of hydrogen-bond acceptors (Lipinski definition) is 3. The van der Waals surface area contributed by atoms with Crippen molar-refractivity contribution in [3.8, 4) is 0 Å². The fourth-order valence-electron chi connectivity index (χ4n) is 1.47. The maximum Gasteiger partial charge on any atom is 0.308 e. The van der Waals surface area contributed by atoms with Gasteiger partial charge in [0.15, 0.2) is 0 Å². The third-order valence-electron chi connectivity index (χ3n) is 2.33. The van der Waals surface area contributed by atoms with E-state index in [1.807, 2.05) is 34.6 Å². The molecule has 0 atom stereocenters. The maximum atomic E-state index is 11.5. The molecule has 0 unspecified atom stereocenters. The molecule has 0 fully saturated rings. The van der Waals surface area contributed by atoms with Crippen LogP contribution in [0.5, 0.6) is 0 Å². The van der Waals surface area contributed by atoms with Crippen LogP contribution in [0.15, 0.2) is 23.4 Å². The summed E-state index contributed by atoms with van der Waals surface area (Å²) >= 11 is 0. The lowest BCUT2D eigenvalue weighted by Crippen LogP contribution is -2.26. The average molecular weight is 253 g/mol. The Morgan fingerprint density at radius 3 is 2.39 bits per heavy atom. The van der Waals surface area contributed by atoms with Crippen molar-refractivity contribution in [3.05, 3.63) is 23.4 Å². The SMILES string of the molecule is C/C=C(/C=C(\C)NCCC(=O)OC(C)(C)C)CC. The normalized spacial score (nSPS) is 13.4. The molecular formula is C15H27NO2. The highest BCUT2D eigenvalue weighted by Gasteiger charge is 2.15. The van der Waals surface area contributed by atoms with Crippen LogP contribution in [-0.2, 0) is 9.53 Å². The summed E-state index contributed by atoms with van der Waals surface area (Å²) in [4.78, 5) is 11.5. The van der Waals surface area contributed by atoms with E-state index >= 15 is 0 Å². The highest BCUT2D eigenvalue weighted by molar-refractivity contribution is 5.70. The molecule has 3 nitrogen and oxygen atoms in total. The Labute approximate surface area is 111 Å². The van der Waals surface area contributed by atoms with E-state index in [9.17, 15) is 4.79 Å². The number of carbonyl (C=O) groups excluding carboxylic acids is 1. The number of carbonyl (C=O) groups is 1. The molecule has 0 spiro atoms. The Morgan fingerprint density at radius 1 is 1.33 bits per heavy atom. The van der Waals surface area contributed by atoms with Crippen LogP contribution in [0.1, 0.15) is 54.4 Å². The topological polar surface area (TPSA) is 38.3 Å². The van der Waals surface area contributed by atoms with Crippen LogP contribution in [0.4, 0.5) is 0 Å². The van der Waals surface area contributed by atoms with Gasteiger partial charge in [0, 0.05) is 12.2 Å².